The number of benzene rings is 2. The summed E-state index contributed by atoms with van der Waals surface area (Å²) in [4.78, 5) is 15.9. The van der Waals surface area contributed by atoms with Crippen molar-refractivity contribution >= 4 is 40.9 Å². The molecule has 1 amide bonds. The van der Waals surface area contributed by atoms with Gasteiger partial charge in [-0.05, 0) is 55.9 Å². The topological polar surface area (TPSA) is 72.3 Å². The number of nitrogens with zero attached hydrogens (tertiary/aromatic N) is 4. The van der Waals surface area contributed by atoms with Gasteiger partial charge < -0.3 is 15.0 Å². The highest BCUT2D eigenvalue weighted by Gasteiger charge is 2.34. The molecule has 178 valence electrons. The van der Waals surface area contributed by atoms with Crippen LogP contribution >= 0.6 is 23.4 Å². The highest BCUT2D eigenvalue weighted by atomic mass is 35.5. The van der Waals surface area contributed by atoms with E-state index in [1.165, 1.54) is 31.0 Å². The lowest BCUT2D eigenvalue weighted by atomic mass is 10.1. The summed E-state index contributed by atoms with van der Waals surface area (Å²) in [6.07, 6.45) is 5.87. The molecule has 5 rings (SSSR count). The summed E-state index contributed by atoms with van der Waals surface area (Å²) in [6.45, 7) is 2.02. The van der Waals surface area contributed by atoms with E-state index in [-0.39, 0.29) is 5.91 Å². The van der Waals surface area contributed by atoms with E-state index in [2.05, 4.69) is 25.0 Å². The molecule has 1 saturated heterocycles. The molecule has 1 N–H and O–H groups in total. The number of amides is 1. The Balaban J connectivity index is 1.43. The van der Waals surface area contributed by atoms with Crippen LogP contribution in [0.15, 0.2) is 53.7 Å². The second-order valence-corrected chi connectivity index (χ2v) is 10.2. The van der Waals surface area contributed by atoms with Crippen molar-refractivity contribution in [2.75, 3.05) is 30.4 Å². The van der Waals surface area contributed by atoms with Gasteiger partial charge in [-0.25, -0.2) is 0 Å². The molecule has 0 bridgehead atoms. The number of piperidine rings is 1. The SMILES string of the molecule is COc1ccc(NC(=O)[C@@H](Sc2nnc(N3CCCCC3)n2C2CC2)c2ccccc2)cc1Cl. The molecule has 1 saturated carbocycles. The molecule has 1 aromatic heterocycles. The second kappa shape index (κ2) is 10.3. The Kier molecular flexibility index (Phi) is 6.97. The average molecular weight is 498 g/mol. The summed E-state index contributed by atoms with van der Waals surface area (Å²) in [7, 11) is 1.57. The molecule has 0 spiro atoms. The highest BCUT2D eigenvalue weighted by Crippen LogP contribution is 2.44. The first-order valence-corrected chi connectivity index (χ1v) is 13.0. The maximum absolute atomic E-state index is 13.5. The van der Waals surface area contributed by atoms with E-state index in [0.717, 1.165) is 42.6 Å². The smallest absolute Gasteiger partial charge is 0.242 e. The third-order valence-electron chi connectivity index (χ3n) is 6.18. The molecule has 9 heteroatoms. The van der Waals surface area contributed by atoms with Gasteiger partial charge >= 0.3 is 0 Å². The molecule has 2 heterocycles. The Labute approximate surface area is 208 Å². The van der Waals surface area contributed by atoms with Crippen LogP contribution in [0.25, 0.3) is 0 Å². The fraction of sp³-hybridized carbons (Fsp3) is 0.400. The number of ether oxygens (including phenoxy) is 1. The van der Waals surface area contributed by atoms with Gasteiger partial charge in [-0.1, -0.05) is 53.7 Å². The first kappa shape index (κ1) is 23.1. The number of thioether (sulfide) groups is 1. The number of carbonyl (C=O) groups is 1. The van der Waals surface area contributed by atoms with Crippen molar-refractivity contribution in [3.8, 4) is 5.75 Å². The Hall–Kier alpha value is -2.71. The minimum Gasteiger partial charge on any atom is -0.495 e. The summed E-state index contributed by atoms with van der Waals surface area (Å²) in [5, 5.41) is 12.9. The van der Waals surface area contributed by atoms with Gasteiger partial charge in [0.25, 0.3) is 0 Å². The summed E-state index contributed by atoms with van der Waals surface area (Å²) < 4.78 is 7.48. The van der Waals surface area contributed by atoms with Gasteiger partial charge in [-0.15, -0.1) is 10.2 Å². The maximum atomic E-state index is 13.5. The van der Waals surface area contributed by atoms with E-state index < -0.39 is 5.25 Å². The predicted octanol–water partition coefficient (Wildman–Crippen LogP) is 5.74. The van der Waals surface area contributed by atoms with Crippen LogP contribution in [0.3, 0.4) is 0 Å². The summed E-state index contributed by atoms with van der Waals surface area (Å²) in [6, 6.07) is 15.4. The number of methoxy groups -OCH3 is 1. The van der Waals surface area contributed by atoms with Crippen LogP contribution in [0.2, 0.25) is 5.02 Å². The molecule has 2 aromatic carbocycles. The lowest BCUT2D eigenvalue weighted by Gasteiger charge is -2.28. The lowest BCUT2D eigenvalue weighted by Crippen LogP contribution is -2.32. The zero-order valence-electron chi connectivity index (χ0n) is 19.1. The Morgan fingerprint density at radius 2 is 1.88 bits per heavy atom. The highest BCUT2D eigenvalue weighted by molar-refractivity contribution is 8.00. The van der Waals surface area contributed by atoms with Crippen LogP contribution in [-0.2, 0) is 4.79 Å². The van der Waals surface area contributed by atoms with Crippen molar-refractivity contribution in [3.63, 3.8) is 0 Å². The minimum absolute atomic E-state index is 0.137. The quantitative estimate of drug-likeness (QED) is 0.400. The Morgan fingerprint density at radius 1 is 1.12 bits per heavy atom. The fourth-order valence-corrected chi connectivity index (χ4v) is 5.63. The zero-order chi connectivity index (χ0) is 23.5. The standard InChI is InChI=1S/C25H28ClN5O2S/c1-33-21-13-10-18(16-20(21)26)27-23(32)22(17-8-4-2-5-9-17)34-25-29-28-24(31(25)19-11-12-19)30-14-6-3-7-15-30/h2,4-5,8-10,13,16,19,22H,3,6-7,11-12,14-15H2,1H3,(H,27,32)/t22-/m0/s1. The van der Waals surface area contributed by atoms with Crippen molar-refractivity contribution in [1.29, 1.82) is 0 Å². The van der Waals surface area contributed by atoms with Crippen LogP contribution in [0, 0.1) is 0 Å². The summed E-state index contributed by atoms with van der Waals surface area (Å²) >= 11 is 7.72. The minimum atomic E-state index is -0.488. The van der Waals surface area contributed by atoms with E-state index in [1.54, 1.807) is 25.3 Å². The number of anilines is 2. The van der Waals surface area contributed by atoms with Crippen molar-refractivity contribution in [3.05, 3.63) is 59.1 Å². The summed E-state index contributed by atoms with van der Waals surface area (Å²) in [5.41, 5.74) is 1.53. The molecule has 1 aliphatic carbocycles. The number of aromatic nitrogens is 3. The largest absolute Gasteiger partial charge is 0.495 e. The molecule has 1 aliphatic heterocycles. The van der Waals surface area contributed by atoms with E-state index >= 15 is 0 Å². The van der Waals surface area contributed by atoms with Gasteiger partial charge in [0.15, 0.2) is 5.16 Å². The Bertz CT molecular complexity index is 1150. The van der Waals surface area contributed by atoms with Crippen LogP contribution in [0.4, 0.5) is 11.6 Å². The van der Waals surface area contributed by atoms with Crippen LogP contribution in [-0.4, -0.2) is 40.9 Å². The predicted molar refractivity (Wildman–Crippen MR) is 136 cm³/mol. The third-order valence-corrected chi connectivity index (χ3v) is 7.69. The molecule has 34 heavy (non-hydrogen) atoms. The maximum Gasteiger partial charge on any atom is 0.242 e. The molecule has 0 unspecified atom stereocenters. The molecular formula is C25H28ClN5O2S. The van der Waals surface area contributed by atoms with Crippen LogP contribution < -0.4 is 15.0 Å². The number of carbonyl (C=O) groups excluding carboxylic acids is 1. The van der Waals surface area contributed by atoms with E-state index in [0.29, 0.717) is 22.5 Å². The average Bonchev–Trinajstić information content (AvgIpc) is 3.62. The zero-order valence-corrected chi connectivity index (χ0v) is 20.7. The monoisotopic (exact) mass is 497 g/mol. The summed E-state index contributed by atoms with van der Waals surface area (Å²) in [5.74, 6) is 1.37. The van der Waals surface area contributed by atoms with Crippen molar-refractivity contribution in [1.82, 2.24) is 14.8 Å². The van der Waals surface area contributed by atoms with Gasteiger partial charge in [0.1, 0.15) is 11.0 Å². The molecular weight excluding hydrogens is 470 g/mol. The van der Waals surface area contributed by atoms with Gasteiger partial charge in [-0.3, -0.25) is 9.36 Å². The first-order chi connectivity index (χ1) is 16.6. The molecule has 0 radical (unpaired) electrons. The molecule has 3 aromatic rings. The third kappa shape index (κ3) is 5.03. The van der Waals surface area contributed by atoms with E-state index in [9.17, 15) is 4.79 Å². The van der Waals surface area contributed by atoms with Crippen molar-refractivity contribution < 1.29 is 9.53 Å². The van der Waals surface area contributed by atoms with Crippen LogP contribution in [0.5, 0.6) is 5.75 Å². The van der Waals surface area contributed by atoms with Gasteiger partial charge in [0.2, 0.25) is 11.9 Å². The Morgan fingerprint density at radius 3 is 2.56 bits per heavy atom. The normalized spacial score (nSPS) is 16.8. The number of hydrogen-bond acceptors (Lipinski definition) is 6. The number of hydrogen-bond donors (Lipinski definition) is 1. The van der Waals surface area contributed by atoms with Gasteiger partial charge in [-0.2, -0.15) is 0 Å². The van der Waals surface area contributed by atoms with Crippen molar-refractivity contribution in [2.45, 2.75) is 48.6 Å². The molecule has 2 fully saturated rings. The number of halogens is 1. The van der Waals surface area contributed by atoms with Gasteiger partial charge in [0, 0.05) is 24.8 Å². The number of rotatable bonds is 8. The van der Waals surface area contributed by atoms with E-state index in [1.807, 2.05) is 30.3 Å². The van der Waals surface area contributed by atoms with Gasteiger partial charge in [0.05, 0.1) is 12.1 Å². The van der Waals surface area contributed by atoms with E-state index in [4.69, 9.17) is 16.3 Å². The molecule has 1 atom stereocenters. The number of nitrogens with one attached hydrogen (secondary N) is 1. The fourth-order valence-electron chi connectivity index (χ4n) is 4.27. The second-order valence-electron chi connectivity index (χ2n) is 8.68. The lowest BCUT2D eigenvalue weighted by molar-refractivity contribution is -0.115. The molecule has 7 nitrogen and oxygen atoms in total. The first-order valence-electron chi connectivity index (χ1n) is 11.7. The van der Waals surface area contributed by atoms with Crippen molar-refractivity contribution in [2.24, 2.45) is 0 Å². The molecule has 2 aliphatic rings. The van der Waals surface area contributed by atoms with Crippen LogP contribution in [0.1, 0.15) is 49.0 Å².